The second-order valence-corrected chi connectivity index (χ2v) is 5.57. The summed E-state index contributed by atoms with van der Waals surface area (Å²) in [6.07, 6.45) is 12.7. The Hall–Kier alpha value is -0.590. The molecule has 0 rings (SSSR count). The third-order valence-electron chi connectivity index (χ3n) is 2.73. The number of allylic oxidation sites excluding steroid dienone is 2. The first-order valence-corrected chi connectivity index (χ1v) is 6.69. The Bertz CT molecular complexity index is 208. The highest BCUT2D eigenvalue weighted by atomic mass is 16.1. The SMILES string of the molecule is CCCCCCCC/C=C/C(=O)C(C)(C)C. The van der Waals surface area contributed by atoms with Gasteiger partial charge in [-0.15, -0.1) is 0 Å². The fourth-order valence-electron chi connectivity index (χ4n) is 1.48. The zero-order valence-electron chi connectivity index (χ0n) is 11.5. The van der Waals surface area contributed by atoms with Gasteiger partial charge in [0.15, 0.2) is 5.78 Å². The molecule has 0 aliphatic carbocycles. The van der Waals surface area contributed by atoms with Gasteiger partial charge in [0.1, 0.15) is 0 Å². The Balaban J connectivity index is 3.45. The maximum atomic E-state index is 11.6. The smallest absolute Gasteiger partial charge is 0.160 e. The second kappa shape index (κ2) is 8.55. The lowest BCUT2D eigenvalue weighted by Gasteiger charge is -2.12. The van der Waals surface area contributed by atoms with Crippen LogP contribution >= 0.6 is 0 Å². The van der Waals surface area contributed by atoms with Gasteiger partial charge >= 0.3 is 0 Å². The van der Waals surface area contributed by atoms with Gasteiger partial charge in [0.2, 0.25) is 0 Å². The molecule has 0 aromatic rings. The molecule has 0 atom stereocenters. The van der Waals surface area contributed by atoms with Gasteiger partial charge in [0.25, 0.3) is 0 Å². The Kier molecular flexibility index (Phi) is 8.23. The summed E-state index contributed by atoms with van der Waals surface area (Å²) in [6.45, 7) is 8.13. The highest BCUT2D eigenvalue weighted by Gasteiger charge is 2.17. The van der Waals surface area contributed by atoms with E-state index < -0.39 is 0 Å². The third kappa shape index (κ3) is 8.70. The topological polar surface area (TPSA) is 17.1 Å². The zero-order valence-corrected chi connectivity index (χ0v) is 11.5. The van der Waals surface area contributed by atoms with Gasteiger partial charge in [-0.2, -0.15) is 0 Å². The van der Waals surface area contributed by atoms with Crippen LogP contribution in [0.2, 0.25) is 0 Å². The molecule has 0 aromatic carbocycles. The molecule has 0 N–H and O–H groups in total. The molecule has 94 valence electrons. The average Bonchev–Trinajstić information content (AvgIpc) is 2.20. The maximum Gasteiger partial charge on any atom is 0.160 e. The molecule has 0 spiro atoms. The standard InChI is InChI=1S/C15H28O/c1-5-6-7-8-9-10-11-12-13-14(16)15(2,3)4/h12-13H,5-11H2,1-4H3/b13-12+. The van der Waals surface area contributed by atoms with Crippen LogP contribution < -0.4 is 0 Å². The van der Waals surface area contributed by atoms with E-state index in [1.807, 2.05) is 26.8 Å². The van der Waals surface area contributed by atoms with E-state index in [0.29, 0.717) is 0 Å². The zero-order chi connectivity index (χ0) is 12.4. The molecule has 0 saturated heterocycles. The van der Waals surface area contributed by atoms with Crippen molar-refractivity contribution in [1.29, 1.82) is 0 Å². The van der Waals surface area contributed by atoms with Gasteiger partial charge < -0.3 is 0 Å². The molecule has 0 aliphatic rings. The molecule has 1 heteroatoms. The molecule has 0 aliphatic heterocycles. The number of ketones is 1. The molecule has 0 bridgehead atoms. The number of unbranched alkanes of at least 4 members (excludes halogenated alkanes) is 6. The molecule has 0 fully saturated rings. The number of carbonyl (C=O) groups excluding carboxylic acids is 1. The van der Waals surface area contributed by atoms with Crippen molar-refractivity contribution in [2.45, 2.75) is 72.6 Å². The van der Waals surface area contributed by atoms with Crippen LogP contribution in [0.15, 0.2) is 12.2 Å². The van der Waals surface area contributed by atoms with Crippen molar-refractivity contribution >= 4 is 5.78 Å². The number of hydrogen-bond acceptors (Lipinski definition) is 1. The first-order valence-electron chi connectivity index (χ1n) is 6.69. The van der Waals surface area contributed by atoms with Gasteiger partial charge in [-0.3, -0.25) is 4.79 Å². The summed E-state index contributed by atoms with van der Waals surface area (Å²) in [5, 5.41) is 0. The van der Waals surface area contributed by atoms with Crippen molar-refractivity contribution in [3.63, 3.8) is 0 Å². The second-order valence-electron chi connectivity index (χ2n) is 5.57. The minimum atomic E-state index is -0.225. The van der Waals surface area contributed by atoms with Crippen molar-refractivity contribution in [3.05, 3.63) is 12.2 Å². The molecular formula is C15H28O. The van der Waals surface area contributed by atoms with E-state index in [1.165, 1.54) is 38.5 Å². The van der Waals surface area contributed by atoms with E-state index in [-0.39, 0.29) is 11.2 Å². The van der Waals surface area contributed by atoms with Gasteiger partial charge in [0.05, 0.1) is 0 Å². The number of rotatable bonds is 8. The summed E-state index contributed by atoms with van der Waals surface area (Å²) < 4.78 is 0. The summed E-state index contributed by atoms with van der Waals surface area (Å²) in [5.41, 5.74) is -0.225. The van der Waals surface area contributed by atoms with Gasteiger partial charge in [-0.05, 0) is 18.9 Å². The van der Waals surface area contributed by atoms with Gasteiger partial charge in [0, 0.05) is 5.41 Å². The molecule has 0 amide bonds. The molecular weight excluding hydrogens is 196 g/mol. The van der Waals surface area contributed by atoms with Crippen molar-refractivity contribution in [2.75, 3.05) is 0 Å². The van der Waals surface area contributed by atoms with Crippen molar-refractivity contribution in [2.24, 2.45) is 5.41 Å². The van der Waals surface area contributed by atoms with Gasteiger partial charge in [-0.25, -0.2) is 0 Å². The molecule has 0 radical (unpaired) electrons. The van der Waals surface area contributed by atoms with E-state index in [1.54, 1.807) is 6.08 Å². The minimum absolute atomic E-state index is 0.225. The van der Waals surface area contributed by atoms with Crippen LogP contribution in [0.5, 0.6) is 0 Å². The molecule has 1 nitrogen and oxygen atoms in total. The van der Waals surface area contributed by atoms with E-state index in [9.17, 15) is 4.79 Å². The highest BCUT2D eigenvalue weighted by molar-refractivity contribution is 5.93. The average molecular weight is 224 g/mol. The summed E-state index contributed by atoms with van der Waals surface area (Å²) in [6, 6.07) is 0. The Labute approximate surface area is 101 Å². The third-order valence-corrected chi connectivity index (χ3v) is 2.73. The van der Waals surface area contributed by atoms with Crippen molar-refractivity contribution < 1.29 is 4.79 Å². The molecule has 0 aromatic heterocycles. The van der Waals surface area contributed by atoms with Crippen LogP contribution in [0.1, 0.15) is 72.6 Å². The van der Waals surface area contributed by atoms with Crippen LogP contribution in [0.4, 0.5) is 0 Å². The van der Waals surface area contributed by atoms with Crippen molar-refractivity contribution in [1.82, 2.24) is 0 Å². The van der Waals surface area contributed by atoms with E-state index >= 15 is 0 Å². The lowest BCUT2D eigenvalue weighted by molar-refractivity contribution is -0.121. The monoisotopic (exact) mass is 224 g/mol. The summed E-state index contributed by atoms with van der Waals surface area (Å²) in [5.74, 6) is 0.235. The lowest BCUT2D eigenvalue weighted by atomic mass is 9.90. The maximum absolute atomic E-state index is 11.6. The van der Waals surface area contributed by atoms with Crippen LogP contribution in [-0.4, -0.2) is 5.78 Å². The molecule has 16 heavy (non-hydrogen) atoms. The Morgan fingerprint density at radius 1 is 1.00 bits per heavy atom. The summed E-state index contributed by atoms with van der Waals surface area (Å²) in [4.78, 5) is 11.6. The minimum Gasteiger partial charge on any atom is -0.294 e. The van der Waals surface area contributed by atoms with Crippen LogP contribution in [0.25, 0.3) is 0 Å². The summed E-state index contributed by atoms with van der Waals surface area (Å²) in [7, 11) is 0. The van der Waals surface area contributed by atoms with Crippen LogP contribution in [0, 0.1) is 5.41 Å². The normalized spacial score (nSPS) is 12.2. The van der Waals surface area contributed by atoms with E-state index in [4.69, 9.17) is 0 Å². The quantitative estimate of drug-likeness (QED) is 0.423. The first kappa shape index (κ1) is 15.4. The number of carbonyl (C=O) groups is 1. The van der Waals surface area contributed by atoms with Gasteiger partial charge in [-0.1, -0.05) is 65.9 Å². The predicted octanol–water partition coefficient (Wildman–Crippen LogP) is 4.91. The molecule has 0 unspecified atom stereocenters. The Morgan fingerprint density at radius 3 is 2.12 bits per heavy atom. The van der Waals surface area contributed by atoms with Crippen LogP contribution in [-0.2, 0) is 4.79 Å². The molecule has 0 heterocycles. The number of hydrogen-bond donors (Lipinski definition) is 0. The van der Waals surface area contributed by atoms with E-state index in [2.05, 4.69) is 6.92 Å². The van der Waals surface area contributed by atoms with Crippen LogP contribution in [0.3, 0.4) is 0 Å². The fraction of sp³-hybridized carbons (Fsp3) is 0.800. The van der Waals surface area contributed by atoms with Crippen molar-refractivity contribution in [3.8, 4) is 0 Å². The van der Waals surface area contributed by atoms with E-state index in [0.717, 1.165) is 6.42 Å². The fourth-order valence-corrected chi connectivity index (χ4v) is 1.48. The lowest BCUT2D eigenvalue weighted by Crippen LogP contribution is -2.17. The highest BCUT2D eigenvalue weighted by Crippen LogP contribution is 2.15. The summed E-state index contributed by atoms with van der Waals surface area (Å²) >= 11 is 0. The molecule has 0 saturated carbocycles. The Morgan fingerprint density at radius 2 is 1.56 bits per heavy atom. The largest absolute Gasteiger partial charge is 0.294 e. The first-order chi connectivity index (χ1) is 7.48. The predicted molar refractivity (Wildman–Crippen MR) is 71.6 cm³/mol.